The van der Waals surface area contributed by atoms with Gasteiger partial charge in [0.25, 0.3) is 0 Å². The van der Waals surface area contributed by atoms with Crippen molar-refractivity contribution in [2.45, 2.75) is 99.3 Å². The van der Waals surface area contributed by atoms with Gasteiger partial charge in [0.05, 0.1) is 0 Å². The SMILES string of the molecule is CCC(CC)CCCC(CC)C(CC)C(CC)CC. The molecule has 0 aromatic rings. The molecule has 0 amide bonds. The Morgan fingerprint density at radius 1 is 0.526 bits per heavy atom. The third-order valence-corrected chi connectivity index (χ3v) is 5.60. The molecule has 0 N–H and O–H groups in total. The van der Waals surface area contributed by atoms with E-state index >= 15 is 0 Å². The Hall–Kier alpha value is 0. The average Bonchev–Trinajstić information content (AvgIpc) is 2.46. The maximum atomic E-state index is 2.41. The van der Waals surface area contributed by atoms with Crippen molar-refractivity contribution < 1.29 is 0 Å². The molecule has 0 saturated carbocycles. The highest BCUT2D eigenvalue weighted by Gasteiger charge is 2.24. The molecule has 0 aromatic carbocycles. The number of hydrogen-bond acceptors (Lipinski definition) is 0. The molecule has 0 rings (SSSR count). The van der Waals surface area contributed by atoms with Crippen molar-refractivity contribution in [1.29, 1.82) is 0 Å². The normalized spacial score (nSPS) is 15.2. The lowest BCUT2D eigenvalue weighted by Gasteiger charge is -2.32. The minimum absolute atomic E-state index is 0.961. The van der Waals surface area contributed by atoms with Gasteiger partial charge in [-0.2, -0.15) is 0 Å². The Balaban J connectivity index is 4.29. The Morgan fingerprint density at radius 2 is 1.05 bits per heavy atom. The van der Waals surface area contributed by atoms with Crippen LogP contribution in [0.5, 0.6) is 0 Å². The summed E-state index contributed by atoms with van der Waals surface area (Å²) in [4.78, 5) is 0. The third-order valence-electron chi connectivity index (χ3n) is 5.60. The molecule has 0 bridgehead atoms. The van der Waals surface area contributed by atoms with E-state index in [1.165, 1.54) is 57.8 Å². The first kappa shape index (κ1) is 19.0. The van der Waals surface area contributed by atoms with Gasteiger partial charge in [-0.05, 0) is 23.7 Å². The second-order valence-electron chi connectivity index (χ2n) is 6.43. The van der Waals surface area contributed by atoms with E-state index in [2.05, 4.69) is 41.5 Å². The Kier molecular flexibility index (Phi) is 11.8. The van der Waals surface area contributed by atoms with Gasteiger partial charge in [0.1, 0.15) is 0 Å². The van der Waals surface area contributed by atoms with Gasteiger partial charge in [-0.3, -0.25) is 0 Å². The van der Waals surface area contributed by atoms with E-state index in [0.29, 0.717) is 0 Å². The van der Waals surface area contributed by atoms with Gasteiger partial charge in [0.15, 0.2) is 0 Å². The molecule has 0 fully saturated rings. The molecule has 19 heavy (non-hydrogen) atoms. The van der Waals surface area contributed by atoms with E-state index in [9.17, 15) is 0 Å². The third kappa shape index (κ3) is 6.82. The first-order valence-electron chi connectivity index (χ1n) is 9.18. The molecular formula is C19H40. The summed E-state index contributed by atoms with van der Waals surface area (Å²) < 4.78 is 0. The molecule has 0 aromatic heterocycles. The Labute approximate surface area is 123 Å². The highest BCUT2D eigenvalue weighted by molar-refractivity contribution is 4.75. The van der Waals surface area contributed by atoms with Crippen LogP contribution in [-0.2, 0) is 0 Å². The van der Waals surface area contributed by atoms with Crippen LogP contribution >= 0.6 is 0 Å². The topological polar surface area (TPSA) is 0 Å². The summed E-state index contributed by atoms with van der Waals surface area (Å²) in [5.41, 5.74) is 0. The lowest BCUT2D eigenvalue weighted by atomic mass is 9.74. The molecule has 0 aliphatic carbocycles. The Morgan fingerprint density at radius 3 is 1.42 bits per heavy atom. The van der Waals surface area contributed by atoms with E-state index < -0.39 is 0 Å². The van der Waals surface area contributed by atoms with Crippen molar-refractivity contribution in [1.82, 2.24) is 0 Å². The van der Waals surface area contributed by atoms with Gasteiger partial charge >= 0.3 is 0 Å². The van der Waals surface area contributed by atoms with E-state index in [-0.39, 0.29) is 0 Å². The van der Waals surface area contributed by atoms with Crippen LogP contribution < -0.4 is 0 Å². The van der Waals surface area contributed by atoms with Crippen LogP contribution in [0.25, 0.3) is 0 Å². The fraction of sp³-hybridized carbons (Fsp3) is 1.00. The predicted octanol–water partition coefficient (Wildman–Crippen LogP) is 7.08. The summed E-state index contributed by atoms with van der Waals surface area (Å²) in [6.45, 7) is 14.3. The predicted molar refractivity (Wildman–Crippen MR) is 89.6 cm³/mol. The van der Waals surface area contributed by atoms with Crippen molar-refractivity contribution in [2.75, 3.05) is 0 Å². The van der Waals surface area contributed by atoms with E-state index in [0.717, 1.165) is 23.7 Å². The molecular weight excluding hydrogens is 228 g/mol. The zero-order valence-electron chi connectivity index (χ0n) is 14.7. The van der Waals surface area contributed by atoms with Gasteiger partial charge < -0.3 is 0 Å². The molecule has 2 unspecified atom stereocenters. The quantitative estimate of drug-likeness (QED) is 0.354. The van der Waals surface area contributed by atoms with Crippen molar-refractivity contribution in [3.05, 3.63) is 0 Å². The van der Waals surface area contributed by atoms with Crippen LogP contribution in [0, 0.1) is 23.7 Å². The molecule has 0 heteroatoms. The van der Waals surface area contributed by atoms with Crippen LogP contribution in [0.1, 0.15) is 99.3 Å². The van der Waals surface area contributed by atoms with Crippen LogP contribution in [0.2, 0.25) is 0 Å². The van der Waals surface area contributed by atoms with Crippen LogP contribution in [-0.4, -0.2) is 0 Å². The first-order chi connectivity index (χ1) is 9.18. The summed E-state index contributed by atoms with van der Waals surface area (Å²) >= 11 is 0. The highest BCUT2D eigenvalue weighted by atomic mass is 14.3. The fourth-order valence-corrected chi connectivity index (χ4v) is 4.03. The maximum absolute atomic E-state index is 2.41. The molecule has 2 atom stereocenters. The van der Waals surface area contributed by atoms with Crippen molar-refractivity contribution in [2.24, 2.45) is 23.7 Å². The minimum atomic E-state index is 0.961. The monoisotopic (exact) mass is 268 g/mol. The van der Waals surface area contributed by atoms with E-state index in [1.54, 1.807) is 0 Å². The second kappa shape index (κ2) is 11.8. The zero-order chi connectivity index (χ0) is 14.7. The molecule has 116 valence electrons. The average molecular weight is 269 g/mol. The van der Waals surface area contributed by atoms with Gasteiger partial charge in [-0.15, -0.1) is 0 Å². The van der Waals surface area contributed by atoms with Crippen molar-refractivity contribution >= 4 is 0 Å². The summed E-state index contributed by atoms with van der Waals surface area (Å²) in [6.07, 6.45) is 12.7. The lowest BCUT2D eigenvalue weighted by Crippen LogP contribution is -2.22. The van der Waals surface area contributed by atoms with Gasteiger partial charge in [-0.1, -0.05) is 99.3 Å². The molecule has 0 aliphatic rings. The summed E-state index contributed by atoms with van der Waals surface area (Å²) in [5, 5.41) is 0. The van der Waals surface area contributed by atoms with E-state index in [1.807, 2.05) is 0 Å². The number of rotatable bonds is 12. The number of hydrogen-bond donors (Lipinski definition) is 0. The zero-order valence-corrected chi connectivity index (χ0v) is 14.7. The molecule has 0 nitrogen and oxygen atoms in total. The van der Waals surface area contributed by atoms with Gasteiger partial charge in [0.2, 0.25) is 0 Å². The second-order valence-corrected chi connectivity index (χ2v) is 6.43. The summed E-state index contributed by atoms with van der Waals surface area (Å²) in [7, 11) is 0. The van der Waals surface area contributed by atoms with Crippen LogP contribution in [0.3, 0.4) is 0 Å². The first-order valence-corrected chi connectivity index (χ1v) is 9.18. The molecule has 0 heterocycles. The van der Waals surface area contributed by atoms with E-state index in [4.69, 9.17) is 0 Å². The fourth-order valence-electron chi connectivity index (χ4n) is 4.03. The molecule has 0 spiro atoms. The van der Waals surface area contributed by atoms with Gasteiger partial charge in [-0.25, -0.2) is 0 Å². The molecule has 0 aliphatic heterocycles. The maximum Gasteiger partial charge on any atom is -0.0360 e. The summed E-state index contributed by atoms with van der Waals surface area (Å²) in [5.74, 6) is 3.89. The van der Waals surface area contributed by atoms with Crippen molar-refractivity contribution in [3.8, 4) is 0 Å². The largest absolute Gasteiger partial charge is 0.0651 e. The standard InChI is InChI=1S/C19H40/c1-7-16(8-2)14-13-15-18(11-5)19(12-6)17(9-3)10-4/h16-19H,7-15H2,1-6H3. The summed E-state index contributed by atoms with van der Waals surface area (Å²) in [6, 6.07) is 0. The van der Waals surface area contributed by atoms with Crippen LogP contribution in [0.4, 0.5) is 0 Å². The Bertz CT molecular complexity index is 176. The molecule has 0 saturated heterocycles. The highest BCUT2D eigenvalue weighted by Crippen LogP contribution is 2.35. The van der Waals surface area contributed by atoms with Crippen LogP contribution in [0.15, 0.2) is 0 Å². The van der Waals surface area contributed by atoms with Crippen molar-refractivity contribution in [3.63, 3.8) is 0 Å². The minimum Gasteiger partial charge on any atom is -0.0651 e. The lowest BCUT2D eigenvalue weighted by molar-refractivity contribution is 0.185. The smallest absolute Gasteiger partial charge is 0.0360 e. The molecule has 0 radical (unpaired) electrons. The van der Waals surface area contributed by atoms with Gasteiger partial charge in [0, 0.05) is 0 Å².